The third-order valence-electron chi connectivity index (χ3n) is 4.60. The van der Waals surface area contributed by atoms with E-state index in [9.17, 15) is 14.9 Å². The molecule has 150 valence electrons. The number of fused-ring (bicyclic) bond motifs is 1. The lowest BCUT2D eigenvalue weighted by Crippen LogP contribution is -2.13. The zero-order valence-electron chi connectivity index (χ0n) is 16.1. The van der Waals surface area contributed by atoms with E-state index < -0.39 is 4.92 Å². The predicted molar refractivity (Wildman–Crippen MR) is 112 cm³/mol. The summed E-state index contributed by atoms with van der Waals surface area (Å²) in [5.41, 5.74) is 3.12. The van der Waals surface area contributed by atoms with E-state index in [-0.39, 0.29) is 11.6 Å². The van der Waals surface area contributed by atoms with E-state index in [1.54, 1.807) is 37.3 Å². The van der Waals surface area contributed by atoms with Gasteiger partial charge in [-0.05, 0) is 48.9 Å². The molecule has 0 saturated carbocycles. The van der Waals surface area contributed by atoms with Crippen LogP contribution >= 0.6 is 0 Å². The normalized spacial score (nSPS) is 10.7. The Labute approximate surface area is 171 Å². The van der Waals surface area contributed by atoms with Crippen LogP contribution in [-0.2, 0) is 6.61 Å². The number of amides is 1. The molecule has 0 unspecified atom stereocenters. The fraction of sp³-hybridized carbons (Fsp3) is 0.0909. The quantitative estimate of drug-likeness (QED) is 0.381. The largest absolute Gasteiger partial charge is 0.487 e. The molecule has 0 fully saturated rings. The minimum Gasteiger partial charge on any atom is -0.487 e. The standard InChI is InChI=1S/C22H18N4O4/c1-15-5-8-18(26(28)29)12-20(15)24-22(27)16-6-9-19(10-7-16)30-14-17-13-25-11-3-2-4-21(25)23-17/h2-13H,14H2,1H3,(H,24,27). The molecule has 8 heteroatoms. The van der Waals surface area contributed by atoms with E-state index in [2.05, 4.69) is 10.3 Å². The Balaban J connectivity index is 1.41. The number of aromatic nitrogens is 2. The summed E-state index contributed by atoms with van der Waals surface area (Å²) in [4.78, 5) is 27.4. The van der Waals surface area contributed by atoms with E-state index in [4.69, 9.17) is 4.74 Å². The summed E-state index contributed by atoms with van der Waals surface area (Å²) in [5.74, 6) is 0.251. The lowest BCUT2D eigenvalue weighted by molar-refractivity contribution is -0.384. The topological polar surface area (TPSA) is 98.8 Å². The van der Waals surface area contributed by atoms with Gasteiger partial charge in [0.15, 0.2) is 0 Å². The van der Waals surface area contributed by atoms with Crippen LogP contribution in [0.15, 0.2) is 73.1 Å². The van der Waals surface area contributed by atoms with Gasteiger partial charge in [-0.25, -0.2) is 4.98 Å². The van der Waals surface area contributed by atoms with Crippen LogP contribution in [0.4, 0.5) is 11.4 Å². The summed E-state index contributed by atoms with van der Waals surface area (Å²) in [6, 6.07) is 16.8. The van der Waals surface area contributed by atoms with E-state index in [1.807, 2.05) is 35.0 Å². The van der Waals surface area contributed by atoms with Crippen LogP contribution in [0.1, 0.15) is 21.6 Å². The Morgan fingerprint density at radius 3 is 2.70 bits per heavy atom. The molecule has 2 aromatic heterocycles. The Morgan fingerprint density at radius 1 is 1.17 bits per heavy atom. The van der Waals surface area contributed by atoms with Gasteiger partial charge in [0.1, 0.15) is 18.0 Å². The van der Waals surface area contributed by atoms with Crippen LogP contribution in [0.5, 0.6) is 5.75 Å². The van der Waals surface area contributed by atoms with Crippen LogP contribution in [0.3, 0.4) is 0 Å². The van der Waals surface area contributed by atoms with Crippen LogP contribution in [0.2, 0.25) is 0 Å². The average molecular weight is 402 g/mol. The van der Waals surface area contributed by atoms with Gasteiger partial charge in [0.05, 0.1) is 16.3 Å². The van der Waals surface area contributed by atoms with E-state index in [0.717, 1.165) is 16.9 Å². The number of imidazole rings is 1. The number of hydrogen-bond donors (Lipinski definition) is 1. The molecule has 0 spiro atoms. The SMILES string of the molecule is Cc1ccc([N+](=O)[O-])cc1NC(=O)c1ccc(OCc2cn3ccccc3n2)cc1. The first-order chi connectivity index (χ1) is 14.5. The second kappa shape index (κ2) is 8.04. The lowest BCUT2D eigenvalue weighted by Gasteiger charge is -2.09. The highest BCUT2D eigenvalue weighted by molar-refractivity contribution is 6.04. The van der Waals surface area contributed by atoms with Gasteiger partial charge in [-0.15, -0.1) is 0 Å². The first-order valence-electron chi connectivity index (χ1n) is 9.21. The molecule has 4 aromatic rings. The molecule has 0 aliphatic carbocycles. The van der Waals surface area contributed by atoms with Crippen molar-refractivity contribution in [3.05, 3.63) is 100.0 Å². The summed E-state index contributed by atoms with van der Waals surface area (Å²) in [6.07, 6.45) is 3.82. The molecular weight excluding hydrogens is 384 g/mol. The molecule has 0 aliphatic heterocycles. The van der Waals surface area contributed by atoms with Crippen LogP contribution < -0.4 is 10.1 Å². The molecule has 2 heterocycles. The third-order valence-corrected chi connectivity index (χ3v) is 4.60. The molecular formula is C22H18N4O4. The fourth-order valence-corrected chi connectivity index (χ4v) is 2.97. The minimum atomic E-state index is -0.496. The molecule has 1 N–H and O–H groups in total. The monoisotopic (exact) mass is 402 g/mol. The van der Waals surface area contributed by atoms with Gasteiger partial charge < -0.3 is 14.5 Å². The number of benzene rings is 2. The summed E-state index contributed by atoms with van der Waals surface area (Å²) < 4.78 is 7.67. The molecule has 30 heavy (non-hydrogen) atoms. The fourth-order valence-electron chi connectivity index (χ4n) is 2.97. The highest BCUT2D eigenvalue weighted by Crippen LogP contribution is 2.23. The van der Waals surface area contributed by atoms with Gasteiger partial charge in [-0.2, -0.15) is 0 Å². The average Bonchev–Trinajstić information content (AvgIpc) is 3.17. The van der Waals surface area contributed by atoms with Gasteiger partial charge in [-0.1, -0.05) is 12.1 Å². The zero-order valence-corrected chi connectivity index (χ0v) is 16.1. The molecule has 1 amide bonds. The zero-order chi connectivity index (χ0) is 21.1. The highest BCUT2D eigenvalue weighted by atomic mass is 16.6. The van der Waals surface area contributed by atoms with E-state index in [1.165, 1.54) is 12.1 Å². The number of aryl methyl sites for hydroxylation is 1. The number of ether oxygens (including phenoxy) is 1. The van der Waals surface area contributed by atoms with Crippen molar-refractivity contribution >= 4 is 22.9 Å². The molecule has 0 saturated heterocycles. The Hall–Kier alpha value is -4.20. The van der Waals surface area contributed by atoms with Gasteiger partial charge >= 0.3 is 0 Å². The first kappa shape index (κ1) is 19.1. The van der Waals surface area contributed by atoms with Gasteiger partial charge in [0.25, 0.3) is 11.6 Å². The number of rotatable bonds is 6. The molecule has 2 aromatic carbocycles. The third kappa shape index (κ3) is 4.12. The van der Waals surface area contributed by atoms with Gasteiger partial charge in [-0.3, -0.25) is 14.9 Å². The van der Waals surface area contributed by atoms with E-state index in [0.29, 0.717) is 23.6 Å². The number of nitro benzene ring substituents is 1. The van der Waals surface area contributed by atoms with Gasteiger partial charge in [0.2, 0.25) is 0 Å². The Bertz CT molecular complexity index is 1200. The number of carbonyl (C=O) groups excluding carboxylic acids is 1. The number of carbonyl (C=O) groups is 1. The number of nitrogens with zero attached hydrogens (tertiary/aromatic N) is 3. The van der Waals surface area contributed by atoms with Crippen molar-refractivity contribution in [1.82, 2.24) is 9.38 Å². The molecule has 8 nitrogen and oxygen atoms in total. The van der Waals surface area contributed by atoms with Crippen LogP contribution in [-0.4, -0.2) is 20.2 Å². The molecule has 4 rings (SSSR count). The van der Waals surface area contributed by atoms with Crippen molar-refractivity contribution in [2.75, 3.05) is 5.32 Å². The number of anilines is 1. The van der Waals surface area contributed by atoms with Crippen molar-refractivity contribution in [2.24, 2.45) is 0 Å². The molecule has 0 atom stereocenters. The summed E-state index contributed by atoms with van der Waals surface area (Å²) in [5, 5.41) is 13.7. The summed E-state index contributed by atoms with van der Waals surface area (Å²) >= 11 is 0. The molecule has 0 aliphatic rings. The summed E-state index contributed by atoms with van der Waals surface area (Å²) in [6.45, 7) is 2.08. The smallest absolute Gasteiger partial charge is 0.271 e. The number of pyridine rings is 1. The first-order valence-corrected chi connectivity index (χ1v) is 9.21. The number of nitrogens with one attached hydrogen (secondary N) is 1. The second-order valence-electron chi connectivity index (χ2n) is 6.72. The minimum absolute atomic E-state index is 0.0772. The van der Waals surface area contributed by atoms with Crippen molar-refractivity contribution in [1.29, 1.82) is 0 Å². The second-order valence-corrected chi connectivity index (χ2v) is 6.72. The van der Waals surface area contributed by atoms with Crippen molar-refractivity contribution in [3.63, 3.8) is 0 Å². The Kier molecular flexibility index (Phi) is 5.13. The molecule has 0 radical (unpaired) electrons. The van der Waals surface area contributed by atoms with Crippen LogP contribution in [0, 0.1) is 17.0 Å². The van der Waals surface area contributed by atoms with Crippen molar-refractivity contribution < 1.29 is 14.5 Å². The maximum Gasteiger partial charge on any atom is 0.271 e. The van der Waals surface area contributed by atoms with Crippen molar-refractivity contribution in [3.8, 4) is 5.75 Å². The highest BCUT2D eigenvalue weighted by Gasteiger charge is 2.12. The Morgan fingerprint density at radius 2 is 1.97 bits per heavy atom. The van der Waals surface area contributed by atoms with E-state index >= 15 is 0 Å². The maximum atomic E-state index is 12.5. The summed E-state index contributed by atoms with van der Waals surface area (Å²) in [7, 11) is 0. The predicted octanol–water partition coefficient (Wildman–Crippen LogP) is 4.38. The maximum absolute atomic E-state index is 12.5. The van der Waals surface area contributed by atoms with Gasteiger partial charge in [0, 0.05) is 30.1 Å². The number of nitro groups is 1. The van der Waals surface area contributed by atoms with Crippen LogP contribution in [0.25, 0.3) is 5.65 Å². The lowest BCUT2D eigenvalue weighted by atomic mass is 10.1. The molecule has 0 bridgehead atoms. The number of non-ortho nitro benzene ring substituents is 1. The number of hydrogen-bond acceptors (Lipinski definition) is 5. The van der Waals surface area contributed by atoms with Crippen molar-refractivity contribution in [2.45, 2.75) is 13.5 Å².